The van der Waals surface area contributed by atoms with Crippen molar-refractivity contribution < 1.29 is 5.21 Å². The molecule has 3 N–H and O–H groups in total. The van der Waals surface area contributed by atoms with E-state index in [0.717, 1.165) is 10.7 Å². The summed E-state index contributed by atoms with van der Waals surface area (Å²) < 4.78 is 1.67. The van der Waals surface area contributed by atoms with Gasteiger partial charge in [0.15, 0.2) is 11.0 Å². The molecule has 0 amide bonds. The Hall–Kier alpha value is -2.09. The maximum absolute atomic E-state index is 8.84. The van der Waals surface area contributed by atoms with Gasteiger partial charge in [0, 0.05) is 18.9 Å². The molecule has 0 fully saturated rings. The average molecular weight is 278 g/mol. The van der Waals surface area contributed by atoms with Gasteiger partial charge < -0.3 is 10.9 Å². The summed E-state index contributed by atoms with van der Waals surface area (Å²) in [5.41, 5.74) is 7.85. The van der Waals surface area contributed by atoms with Gasteiger partial charge in [-0.25, -0.2) is 9.97 Å². The number of nitrogens with zero attached hydrogens (tertiary/aromatic N) is 5. The van der Waals surface area contributed by atoms with Crippen LogP contribution in [0.5, 0.6) is 0 Å². The van der Waals surface area contributed by atoms with E-state index in [4.69, 9.17) is 10.9 Å². The molecular formula is C11H14N6OS. The van der Waals surface area contributed by atoms with Gasteiger partial charge in [-0.15, -0.1) is 0 Å². The van der Waals surface area contributed by atoms with Gasteiger partial charge in [-0.05, 0) is 31.7 Å². The number of aryl methyl sites for hydroxylation is 3. The second kappa shape index (κ2) is 5.27. The second-order valence-corrected chi connectivity index (χ2v) is 4.91. The SMILES string of the molecule is Cc1ccnc(Sc2c(C(N)=NO)c(C)nn2C)n1. The molecule has 2 rings (SSSR count). The molecule has 100 valence electrons. The Morgan fingerprint density at radius 1 is 1.47 bits per heavy atom. The molecule has 0 unspecified atom stereocenters. The summed E-state index contributed by atoms with van der Waals surface area (Å²) in [5.74, 6) is 0.0285. The largest absolute Gasteiger partial charge is 0.409 e. The minimum Gasteiger partial charge on any atom is -0.409 e. The normalized spacial score (nSPS) is 11.8. The maximum Gasteiger partial charge on any atom is 0.194 e. The molecule has 2 aromatic heterocycles. The van der Waals surface area contributed by atoms with Gasteiger partial charge in [0.2, 0.25) is 0 Å². The van der Waals surface area contributed by atoms with E-state index in [-0.39, 0.29) is 5.84 Å². The Morgan fingerprint density at radius 3 is 2.84 bits per heavy atom. The van der Waals surface area contributed by atoms with Crippen LogP contribution in [0.3, 0.4) is 0 Å². The van der Waals surface area contributed by atoms with Crippen molar-refractivity contribution in [2.75, 3.05) is 0 Å². The lowest BCUT2D eigenvalue weighted by molar-refractivity contribution is 0.318. The van der Waals surface area contributed by atoms with Crippen LogP contribution in [0.1, 0.15) is 17.0 Å². The summed E-state index contributed by atoms with van der Waals surface area (Å²) in [4.78, 5) is 8.49. The van der Waals surface area contributed by atoms with Crippen molar-refractivity contribution in [1.82, 2.24) is 19.7 Å². The van der Waals surface area contributed by atoms with Crippen LogP contribution in [-0.2, 0) is 7.05 Å². The molecule has 19 heavy (non-hydrogen) atoms. The van der Waals surface area contributed by atoms with E-state index in [2.05, 4.69) is 20.2 Å². The Morgan fingerprint density at radius 2 is 2.21 bits per heavy atom. The first-order valence-corrected chi connectivity index (χ1v) is 6.33. The Labute approximate surface area is 114 Å². The lowest BCUT2D eigenvalue weighted by Gasteiger charge is -2.04. The zero-order valence-corrected chi connectivity index (χ0v) is 11.6. The molecule has 8 heteroatoms. The van der Waals surface area contributed by atoms with Crippen LogP contribution in [0.15, 0.2) is 27.6 Å². The Kier molecular flexibility index (Phi) is 3.70. The third-order valence-electron chi connectivity index (χ3n) is 2.49. The Bertz CT molecular complexity index is 636. The molecule has 7 nitrogen and oxygen atoms in total. The fourth-order valence-corrected chi connectivity index (χ4v) is 2.66. The highest BCUT2D eigenvalue weighted by Crippen LogP contribution is 2.29. The van der Waals surface area contributed by atoms with Crippen LogP contribution < -0.4 is 5.73 Å². The van der Waals surface area contributed by atoms with Gasteiger partial charge in [-0.3, -0.25) is 4.68 Å². The third kappa shape index (κ3) is 2.68. The van der Waals surface area contributed by atoms with Crippen LogP contribution in [0.4, 0.5) is 0 Å². The number of hydrogen-bond acceptors (Lipinski definition) is 6. The molecule has 0 aliphatic carbocycles. The molecule has 0 spiro atoms. The first-order valence-electron chi connectivity index (χ1n) is 5.52. The van der Waals surface area contributed by atoms with Gasteiger partial charge in [-0.2, -0.15) is 5.10 Å². The molecule has 0 saturated carbocycles. The molecule has 2 aromatic rings. The number of rotatable bonds is 3. The fourth-order valence-electron chi connectivity index (χ4n) is 1.66. The monoisotopic (exact) mass is 278 g/mol. The third-order valence-corrected chi connectivity index (χ3v) is 3.54. The lowest BCUT2D eigenvalue weighted by Crippen LogP contribution is -2.15. The quantitative estimate of drug-likeness (QED) is 0.286. The van der Waals surface area contributed by atoms with E-state index in [1.807, 2.05) is 13.0 Å². The van der Waals surface area contributed by atoms with Crippen molar-refractivity contribution in [3.63, 3.8) is 0 Å². The van der Waals surface area contributed by atoms with Gasteiger partial charge in [0.1, 0.15) is 5.03 Å². The Balaban J connectivity index is 2.45. The molecular weight excluding hydrogens is 264 g/mol. The number of hydrogen-bond donors (Lipinski definition) is 2. The van der Waals surface area contributed by atoms with Gasteiger partial charge in [0.25, 0.3) is 0 Å². The van der Waals surface area contributed by atoms with Crippen molar-refractivity contribution in [3.05, 3.63) is 29.2 Å². The molecule has 2 heterocycles. The van der Waals surface area contributed by atoms with E-state index in [1.54, 1.807) is 24.9 Å². The summed E-state index contributed by atoms with van der Waals surface area (Å²) in [6.45, 7) is 3.69. The topological polar surface area (TPSA) is 102 Å². The molecule has 0 atom stereocenters. The molecule has 0 aliphatic rings. The molecule has 0 saturated heterocycles. The summed E-state index contributed by atoms with van der Waals surface area (Å²) in [7, 11) is 1.79. The predicted molar refractivity (Wildman–Crippen MR) is 71.3 cm³/mol. The van der Waals surface area contributed by atoms with Crippen molar-refractivity contribution in [2.45, 2.75) is 24.0 Å². The van der Waals surface area contributed by atoms with Crippen LogP contribution in [0.25, 0.3) is 0 Å². The van der Waals surface area contributed by atoms with Crippen molar-refractivity contribution in [2.24, 2.45) is 17.9 Å². The van der Waals surface area contributed by atoms with Crippen molar-refractivity contribution in [1.29, 1.82) is 0 Å². The second-order valence-electron chi connectivity index (χ2n) is 3.96. The average Bonchev–Trinajstić information content (AvgIpc) is 2.63. The zero-order chi connectivity index (χ0) is 14.0. The van der Waals surface area contributed by atoms with Gasteiger partial charge in [0.05, 0.1) is 11.3 Å². The fraction of sp³-hybridized carbons (Fsp3) is 0.273. The highest BCUT2D eigenvalue weighted by Gasteiger charge is 2.19. The van der Waals surface area contributed by atoms with Gasteiger partial charge >= 0.3 is 0 Å². The molecule has 0 aliphatic heterocycles. The van der Waals surface area contributed by atoms with E-state index in [9.17, 15) is 0 Å². The van der Waals surface area contributed by atoms with Crippen LogP contribution in [0, 0.1) is 13.8 Å². The standard InChI is InChI=1S/C11H14N6OS/c1-6-4-5-13-11(14-6)19-10-8(9(12)16-18)7(2)15-17(10)3/h4-5,18H,1-3H3,(H2,12,16). The minimum atomic E-state index is 0.0285. The smallest absolute Gasteiger partial charge is 0.194 e. The molecule has 0 radical (unpaired) electrons. The number of nitrogens with two attached hydrogens (primary N) is 1. The van der Waals surface area contributed by atoms with E-state index < -0.39 is 0 Å². The summed E-state index contributed by atoms with van der Waals surface area (Å²) in [5, 5.41) is 17.5. The zero-order valence-electron chi connectivity index (χ0n) is 10.8. The molecule has 0 bridgehead atoms. The predicted octanol–water partition coefficient (Wildman–Crippen LogP) is 1.07. The van der Waals surface area contributed by atoms with Crippen LogP contribution in [0.2, 0.25) is 0 Å². The number of aromatic nitrogens is 4. The minimum absolute atomic E-state index is 0.0285. The first kappa shape index (κ1) is 13.3. The maximum atomic E-state index is 8.84. The summed E-state index contributed by atoms with van der Waals surface area (Å²) in [6.07, 6.45) is 1.69. The number of oxime groups is 1. The first-order chi connectivity index (χ1) is 9.02. The van der Waals surface area contributed by atoms with Gasteiger partial charge in [-0.1, -0.05) is 5.16 Å². The van der Waals surface area contributed by atoms with Crippen LogP contribution >= 0.6 is 11.8 Å². The molecule has 0 aromatic carbocycles. The summed E-state index contributed by atoms with van der Waals surface area (Å²) in [6, 6.07) is 1.82. The summed E-state index contributed by atoms with van der Waals surface area (Å²) >= 11 is 1.33. The lowest BCUT2D eigenvalue weighted by atomic mass is 10.2. The number of amidine groups is 1. The van der Waals surface area contributed by atoms with Crippen molar-refractivity contribution in [3.8, 4) is 0 Å². The van der Waals surface area contributed by atoms with Crippen LogP contribution in [-0.4, -0.2) is 30.8 Å². The van der Waals surface area contributed by atoms with E-state index >= 15 is 0 Å². The highest BCUT2D eigenvalue weighted by atomic mass is 32.2. The highest BCUT2D eigenvalue weighted by molar-refractivity contribution is 7.99. The van der Waals surface area contributed by atoms with Crippen molar-refractivity contribution >= 4 is 17.6 Å². The van der Waals surface area contributed by atoms with E-state index in [1.165, 1.54) is 11.8 Å². The van der Waals surface area contributed by atoms with E-state index in [0.29, 0.717) is 16.4 Å².